The first-order chi connectivity index (χ1) is 9.52. The maximum atomic E-state index is 11.1. The maximum absolute atomic E-state index is 11.1. The number of benzene rings is 1. The van der Waals surface area contributed by atoms with Crippen molar-refractivity contribution in [1.82, 2.24) is 0 Å². The van der Waals surface area contributed by atoms with Crippen molar-refractivity contribution in [2.75, 3.05) is 5.32 Å². The molecule has 5 heteroatoms. The van der Waals surface area contributed by atoms with Crippen molar-refractivity contribution in [3.05, 3.63) is 33.9 Å². The van der Waals surface area contributed by atoms with E-state index < -0.39 is 4.92 Å². The zero-order valence-corrected chi connectivity index (χ0v) is 11.8. The normalized spacial score (nSPS) is 25.8. The third kappa shape index (κ3) is 2.90. The molecule has 1 aliphatic carbocycles. The molecule has 3 atom stereocenters. The van der Waals surface area contributed by atoms with Gasteiger partial charge in [-0.2, -0.15) is 5.26 Å². The van der Waals surface area contributed by atoms with Gasteiger partial charge in [-0.15, -0.1) is 0 Å². The van der Waals surface area contributed by atoms with Crippen LogP contribution in [0, 0.1) is 33.3 Å². The Balaban J connectivity index is 2.27. The summed E-state index contributed by atoms with van der Waals surface area (Å²) in [4.78, 5) is 10.7. The van der Waals surface area contributed by atoms with Crippen LogP contribution in [0.4, 0.5) is 11.4 Å². The number of hydrogen-bond donors (Lipinski definition) is 1. The minimum atomic E-state index is -0.402. The molecule has 0 saturated heterocycles. The molecule has 20 heavy (non-hydrogen) atoms. The largest absolute Gasteiger partial charge is 0.376 e. The predicted octanol–water partition coefficient (Wildman–Crippen LogP) is 3.70. The van der Waals surface area contributed by atoms with Gasteiger partial charge in [0.1, 0.15) is 5.69 Å². The number of nitrogens with one attached hydrogen (secondary N) is 1. The van der Waals surface area contributed by atoms with Crippen LogP contribution >= 0.6 is 0 Å². The Morgan fingerprint density at radius 2 is 2.15 bits per heavy atom. The van der Waals surface area contributed by atoms with E-state index in [-0.39, 0.29) is 11.7 Å². The van der Waals surface area contributed by atoms with Gasteiger partial charge in [0.25, 0.3) is 5.69 Å². The van der Waals surface area contributed by atoms with E-state index >= 15 is 0 Å². The van der Waals surface area contributed by atoms with E-state index in [1.165, 1.54) is 18.6 Å². The zero-order valence-electron chi connectivity index (χ0n) is 11.8. The second-order valence-corrected chi connectivity index (χ2v) is 5.62. The summed E-state index contributed by atoms with van der Waals surface area (Å²) in [5, 5.41) is 23.3. The molecule has 1 aliphatic rings. The number of nitriles is 1. The van der Waals surface area contributed by atoms with Crippen LogP contribution in [0.3, 0.4) is 0 Å². The lowest BCUT2D eigenvalue weighted by atomic mass is 9.78. The third-order valence-corrected chi connectivity index (χ3v) is 4.37. The van der Waals surface area contributed by atoms with E-state index in [0.29, 0.717) is 23.1 Å². The molecule has 1 aromatic carbocycles. The van der Waals surface area contributed by atoms with Gasteiger partial charge in [0.2, 0.25) is 0 Å². The van der Waals surface area contributed by atoms with Crippen molar-refractivity contribution in [2.45, 2.75) is 39.2 Å². The Kier molecular flexibility index (Phi) is 4.23. The van der Waals surface area contributed by atoms with Crippen molar-refractivity contribution in [1.29, 1.82) is 5.26 Å². The van der Waals surface area contributed by atoms with E-state index in [4.69, 9.17) is 5.26 Å². The van der Waals surface area contributed by atoms with Crippen molar-refractivity contribution in [3.8, 4) is 6.07 Å². The molecule has 3 unspecified atom stereocenters. The van der Waals surface area contributed by atoms with E-state index in [0.717, 1.165) is 12.8 Å². The molecule has 2 rings (SSSR count). The monoisotopic (exact) mass is 273 g/mol. The molecular formula is C15H19N3O2. The van der Waals surface area contributed by atoms with E-state index in [9.17, 15) is 10.1 Å². The minimum absolute atomic E-state index is 0.0365. The molecule has 1 saturated carbocycles. The van der Waals surface area contributed by atoms with Gasteiger partial charge >= 0.3 is 0 Å². The van der Waals surface area contributed by atoms with Crippen molar-refractivity contribution in [3.63, 3.8) is 0 Å². The van der Waals surface area contributed by atoms with Crippen LogP contribution in [0.2, 0.25) is 0 Å². The van der Waals surface area contributed by atoms with E-state index in [1.54, 1.807) is 6.07 Å². The Labute approximate surface area is 118 Å². The summed E-state index contributed by atoms with van der Waals surface area (Å²) in [6.07, 6.45) is 3.36. The summed E-state index contributed by atoms with van der Waals surface area (Å²) < 4.78 is 0. The average molecular weight is 273 g/mol. The number of hydrogen-bond acceptors (Lipinski definition) is 4. The van der Waals surface area contributed by atoms with Gasteiger partial charge in [-0.25, -0.2) is 0 Å². The highest BCUT2D eigenvalue weighted by Gasteiger charge is 2.28. The summed E-state index contributed by atoms with van der Waals surface area (Å²) in [5.74, 6) is 1.08. The van der Waals surface area contributed by atoms with E-state index in [2.05, 4.69) is 19.2 Å². The highest BCUT2D eigenvalue weighted by atomic mass is 16.6. The SMILES string of the molecule is CC1CCCC(Nc2cc(C#N)ccc2[N+](=O)[O-])C1C. The molecule has 0 heterocycles. The molecule has 0 amide bonds. The first kappa shape index (κ1) is 14.3. The summed E-state index contributed by atoms with van der Waals surface area (Å²) >= 11 is 0. The van der Waals surface area contributed by atoms with Crippen molar-refractivity contribution >= 4 is 11.4 Å². The molecule has 1 fully saturated rings. The van der Waals surface area contributed by atoms with Crippen LogP contribution in [-0.2, 0) is 0 Å². The summed E-state index contributed by atoms with van der Waals surface area (Å²) in [7, 11) is 0. The molecule has 0 aromatic heterocycles. The number of nitro benzene ring substituents is 1. The molecule has 106 valence electrons. The summed E-state index contributed by atoms with van der Waals surface area (Å²) in [6, 6.07) is 6.71. The summed E-state index contributed by atoms with van der Waals surface area (Å²) in [6.45, 7) is 4.40. The Morgan fingerprint density at radius 1 is 1.40 bits per heavy atom. The zero-order chi connectivity index (χ0) is 14.7. The lowest BCUT2D eigenvalue weighted by Crippen LogP contribution is -2.35. The highest BCUT2D eigenvalue weighted by Crippen LogP contribution is 2.34. The molecule has 0 aliphatic heterocycles. The molecular weight excluding hydrogens is 254 g/mol. The van der Waals surface area contributed by atoms with E-state index in [1.807, 2.05) is 6.07 Å². The van der Waals surface area contributed by atoms with Crippen LogP contribution < -0.4 is 5.32 Å². The van der Waals surface area contributed by atoms with Gasteiger partial charge in [-0.3, -0.25) is 10.1 Å². The standard InChI is InChI=1S/C15H19N3O2/c1-10-4-3-5-13(11(10)2)17-14-8-12(9-16)6-7-15(14)18(19)20/h6-8,10-11,13,17H,3-5H2,1-2H3. The summed E-state index contributed by atoms with van der Waals surface area (Å²) in [5.41, 5.74) is 0.934. The quantitative estimate of drug-likeness (QED) is 0.672. The van der Waals surface area contributed by atoms with Crippen LogP contribution in [0.15, 0.2) is 18.2 Å². The lowest BCUT2D eigenvalue weighted by molar-refractivity contribution is -0.384. The minimum Gasteiger partial charge on any atom is -0.376 e. The fourth-order valence-electron chi connectivity index (χ4n) is 2.87. The predicted molar refractivity (Wildman–Crippen MR) is 77.4 cm³/mol. The molecule has 0 radical (unpaired) electrons. The second-order valence-electron chi connectivity index (χ2n) is 5.62. The molecule has 1 N–H and O–H groups in total. The number of nitrogens with zero attached hydrogens (tertiary/aromatic N) is 2. The first-order valence-electron chi connectivity index (χ1n) is 6.98. The van der Waals surface area contributed by atoms with Gasteiger partial charge in [0.05, 0.1) is 16.6 Å². The van der Waals surface area contributed by atoms with Crippen LogP contribution in [0.25, 0.3) is 0 Å². The molecule has 0 spiro atoms. The Bertz CT molecular complexity index is 551. The van der Waals surface area contributed by atoms with Gasteiger partial charge in [-0.05, 0) is 30.4 Å². The Hall–Kier alpha value is -2.09. The Morgan fingerprint density at radius 3 is 2.80 bits per heavy atom. The maximum Gasteiger partial charge on any atom is 0.292 e. The highest BCUT2D eigenvalue weighted by molar-refractivity contribution is 5.64. The average Bonchev–Trinajstić information content (AvgIpc) is 2.43. The van der Waals surface area contributed by atoms with Gasteiger partial charge in [0, 0.05) is 12.1 Å². The van der Waals surface area contributed by atoms with Gasteiger partial charge < -0.3 is 5.32 Å². The third-order valence-electron chi connectivity index (χ3n) is 4.37. The number of anilines is 1. The number of rotatable bonds is 3. The smallest absolute Gasteiger partial charge is 0.292 e. The first-order valence-corrected chi connectivity index (χ1v) is 6.98. The molecule has 5 nitrogen and oxygen atoms in total. The lowest BCUT2D eigenvalue weighted by Gasteiger charge is -2.35. The van der Waals surface area contributed by atoms with Crippen LogP contribution in [0.5, 0.6) is 0 Å². The fourth-order valence-corrected chi connectivity index (χ4v) is 2.87. The topological polar surface area (TPSA) is 79.0 Å². The van der Waals surface area contributed by atoms with Crippen molar-refractivity contribution in [2.24, 2.45) is 11.8 Å². The second kappa shape index (κ2) is 5.91. The molecule has 0 bridgehead atoms. The van der Waals surface area contributed by atoms with Gasteiger partial charge in [0.15, 0.2) is 0 Å². The van der Waals surface area contributed by atoms with Crippen LogP contribution in [0.1, 0.15) is 38.7 Å². The fraction of sp³-hybridized carbons (Fsp3) is 0.533. The molecule has 1 aromatic rings. The number of nitro groups is 1. The van der Waals surface area contributed by atoms with Gasteiger partial charge in [-0.1, -0.05) is 26.7 Å². The van der Waals surface area contributed by atoms with Crippen molar-refractivity contribution < 1.29 is 4.92 Å². The van der Waals surface area contributed by atoms with Crippen LogP contribution in [-0.4, -0.2) is 11.0 Å².